The number of hydrogen-bond acceptors (Lipinski definition) is 5. The van der Waals surface area contributed by atoms with Crippen molar-refractivity contribution < 1.29 is 9.66 Å². The van der Waals surface area contributed by atoms with Gasteiger partial charge < -0.3 is 10.5 Å². The zero-order valence-corrected chi connectivity index (χ0v) is 10.5. The number of benzene rings is 1. The van der Waals surface area contributed by atoms with Crippen LogP contribution >= 0.6 is 11.6 Å². The molecule has 0 bridgehead atoms. The van der Waals surface area contributed by atoms with Crippen LogP contribution in [-0.2, 0) is 6.61 Å². The summed E-state index contributed by atoms with van der Waals surface area (Å²) in [7, 11) is 0. The number of nitrogens with two attached hydrogens (primary N) is 1. The Balaban J connectivity index is 2.19. The number of aromatic nitrogens is 1. The van der Waals surface area contributed by atoms with Crippen LogP contribution in [0, 0.1) is 10.1 Å². The summed E-state index contributed by atoms with van der Waals surface area (Å²) < 4.78 is 5.41. The highest BCUT2D eigenvalue weighted by Gasteiger charge is 2.15. The molecule has 0 aliphatic rings. The second-order valence-electron chi connectivity index (χ2n) is 3.75. The predicted octanol–water partition coefficient (Wildman–Crippen LogP) is 2.80. The summed E-state index contributed by atoms with van der Waals surface area (Å²) in [6.45, 7) is 0.147. The Morgan fingerprint density at radius 2 is 2.16 bits per heavy atom. The monoisotopic (exact) mass is 279 g/mol. The van der Waals surface area contributed by atoms with Crippen LogP contribution in [0.15, 0.2) is 36.5 Å². The maximum absolute atomic E-state index is 10.9. The molecule has 0 fully saturated rings. The zero-order chi connectivity index (χ0) is 13.8. The maximum Gasteiger partial charge on any atom is 0.311 e. The summed E-state index contributed by atoms with van der Waals surface area (Å²) in [5, 5.41) is 11.2. The normalized spacial score (nSPS) is 10.2. The van der Waals surface area contributed by atoms with Crippen molar-refractivity contribution in [2.45, 2.75) is 6.61 Å². The van der Waals surface area contributed by atoms with Crippen molar-refractivity contribution in [2.24, 2.45) is 0 Å². The van der Waals surface area contributed by atoms with Crippen LogP contribution < -0.4 is 10.5 Å². The van der Waals surface area contributed by atoms with Gasteiger partial charge in [0.05, 0.1) is 4.92 Å². The Bertz CT molecular complexity index is 619. The third kappa shape index (κ3) is 3.32. The molecule has 0 aliphatic heterocycles. The van der Waals surface area contributed by atoms with Gasteiger partial charge in [0.2, 0.25) is 0 Å². The first-order valence-electron chi connectivity index (χ1n) is 5.33. The fraction of sp³-hybridized carbons (Fsp3) is 0.0833. The molecule has 6 nitrogen and oxygen atoms in total. The summed E-state index contributed by atoms with van der Waals surface area (Å²) in [4.78, 5) is 14.2. The summed E-state index contributed by atoms with van der Waals surface area (Å²) in [6, 6.07) is 7.50. The molecule has 0 unspecified atom stereocenters. The lowest BCUT2D eigenvalue weighted by Gasteiger charge is -2.07. The predicted molar refractivity (Wildman–Crippen MR) is 71.1 cm³/mol. The van der Waals surface area contributed by atoms with Gasteiger partial charge in [-0.3, -0.25) is 10.1 Å². The number of nitro groups is 1. The average molecular weight is 280 g/mol. The van der Waals surface area contributed by atoms with Crippen LogP contribution in [0.5, 0.6) is 5.75 Å². The smallest absolute Gasteiger partial charge is 0.311 e. The van der Waals surface area contributed by atoms with E-state index in [4.69, 9.17) is 22.1 Å². The molecule has 0 amide bonds. The van der Waals surface area contributed by atoms with Crippen molar-refractivity contribution >= 4 is 23.1 Å². The van der Waals surface area contributed by atoms with Crippen molar-refractivity contribution in [3.63, 3.8) is 0 Å². The first-order valence-corrected chi connectivity index (χ1v) is 5.71. The lowest BCUT2D eigenvalue weighted by Crippen LogP contribution is -2.00. The summed E-state index contributed by atoms with van der Waals surface area (Å²) >= 11 is 5.80. The van der Waals surface area contributed by atoms with Crippen molar-refractivity contribution in [1.29, 1.82) is 0 Å². The van der Waals surface area contributed by atoms with E-state index in [-0.39, 0.29) is 18.0 Å². The van der Waals surface area contributed by atoms with E-state index in [1.54, 1.807) is 18.3 Å². The van der Waals surface area contributed by atoms with Gasteiger partial charge in [0.1, 0.15) is 12.4 Å². The van der Waals surface area contributed by atoms with Crippen molar-refractivity contribution in [2.75, 3.05) is 5.73 Å². The number of nitro benzene ring substituents is 1. The van der Waals surface area contributed by atoms with Crippen LogP contribution in [0.3, 0.4) is 0 Å². The van der Waals surface area contributed by atoms with Gasteiger partial charge in [0.15, 0.2) is 5.75 Å². The number of anilines is 1. The minimum atomic E-state index is -0.521. The van der Waals surface area contributed by atoms with E-state index in [1.165, 1.54) is 18.2 Å². The van der Waals surface area contributed by atoms with E-state index >= 15 is 0 Å². The van der Waals surface area contributed by atoms with Gasteiger partial charge in [0, 0.05) is 23.4 Å². The number of nitrogens with zero attached hydrogens (tertiary/aromatic N) is 2. The largest absolute Gasteiger partial charge is 0.482 e. The van der Waals surface area contributed by atoms with E-state index in [1.807, 2.05) is 0 Å². The number of hydrogen-bond donors (Lipinski definition) is 1. The molecule has 2 rings (SSSR count). The Morgan fingerprint density at radius 3 is 2.84 bits per heavy atom. The fourth-order valence-corrected chi connectivity index (χ4v) is 1.66. The molecule has 0 aliphatic carbocycles. The van der Waals surface area contributed by atoms with Crippen LogP contribution in [0.1, 0.15) is 5.56 Å². The van der Waals surface area contributed by atoms with Gasteiger partial charge in [0.25, 0.3) is 0 Å². The van der Waals surface area contributed by atoms with Crippen LogP contribution in [0.25, 0.3) is 0 Å². The summed E-state index contributed by atoms with van der Waals surface area (Å²) in [5.74, 6) is 0.481. The third-order valence-corrected chi connectivity index (χ3v) is 2.59. The number of rotatable bonds is 4. The topological polar surface area (TPSA) is 91.3 Å². The number of nitrogen functional groups attached to an aromatic ring is 1. The minimum Gasteiger partial charge on any atom is -0.482 e. The molecule has 0 spiro atoms. The second-order valence-corrected chi connectivity index (χ2v) is 4.18. The highest BCUT2D eigenvalue weighted by molar-refractivity contribution is 6.30. The third-order valence-electron chi connectivity index (χ3n) is 2.36. The van der Waals surface area contributed by atoms with E-state index in [0.717, 1.165) is 5.56 Å². The standard InChI is InChI=1S/C12H10ClN3O3/c13-9-1-2-10(16(17)18)11(6-9)19-7-8-3-4-15-12(14)5-8/h1-6H,7H2,(H2,14,15). The molecule has 7 heteroatoms. The van der Waals surface area contributed by atoms with Crippen molar-refractivity contribution in [1.82, 2.24) is 4.98 Å². The van der Waals surface area contributed by atoms with Gasteiger partial charge in [-0.15, -0.1) is 0 Å². The first kappa shape index (κ1) is 13.1. The molecule has 0 saturated heterocycles. The molecule has 0 saturated carbocycles. The number of halogens is 1. The van der Waals surface area contributed by atoms with E-state index in [0.29, 0.717) is 10.8 Å². The fourth-order valence-electron chi connectivity index (χ4n) is 1.50. The molecule has 1 aromatic heterocycles. The second kappa shape index (κ2) is 5.53. The molecule has 0 atom stereocenters. The molecule has 0 radical (unpaired) electrons. The van der Waals surface area contributed by atoms with Gasteiger partial charge in [-0.1, -0.05) is 11.6 Å². The van der Waals surface area contributed by atoms with Gasteiger partial charge in [-0.2, -0.15) is 0 Å². The molecule has 98 valence electrons. The van der Waals surface area contributed by atoms with Gasteiger partial charge in [-0.25, -0.2) is 4.98 Å². The zero-order valence-electron chi connectivity index (χ0n) is 9.75. The molecule has 19 heavy (non-hydrogen) atoms. The lowest BCUT2D eigenvalue weighted by atomic mass is 10.2. The van der Waals surface area contributed by atoms with Gasteiger partial charge in [-0.05, 0) is 23.8 Å². The van der Waals surface area contributed by atoms with E-state index in [2.05, 4.69) is 4.98 Å². The highest BCUT2D eigenvalue weighted by Crippen LogP contribution is 2.30. The van der Waals surface area contributed by atoms with Crippen LogP contribution in [0.2, 0.25) is 5.02 Å². The lowest BCUT2D eigenvalue weighted by molar-refractivity contribution is -0.385. The van der Waals surface area contributed by atoms with E-state index in [9.17, 15) is 10.1 Å². The molecule has 2 aromatic rings. The minimum absolute atomic E-state index is 0.118. The quantitative estimate of drug-likeness (QED) is 0.686. The first-order chi connectivity index (χ1) is 9.06. The Hall–Kier alpha value is -2.34. The molecule has 2 N–H and O–H groups in total. The maximum atomic E-state index is 10.9. The highest BCUT2D eigenvalue weighted by atomic mass is 35.5. The van der Waals surface area contributed by atoms with Crippen molar-refractivity contribution in [3.8, 4) is 5.75 Å². The van der Waals surface area contributed by atoms with Crippen LogP contribution in [0.4, 0.5) is 11.5 Å². The summed E-state index contributed by atoms with van der Waals surface area (Å²) in [6.07, 6.45) is 1.54. The molecule has 1 heterocycles. The number of ether oxygens (including phenoxy) is 1. The Kier molecular flexibility index (Phi) is 3.82. The van der Waals surface area contributed by atoms with Crippen molar-refractivity contribution in [3.05, 3.63) is 57.2 Å². The van der Waals surface area contributed by atoms with Crippen LogP contribution in [-0.4, -0.2) is 9.91 Å². The van der Waals surface area contributed by atoms with E-state index < -0.39 is 4.92 Å². The summed E-state index contributed by atoms with van der Waals surface area (Å²) in [5.41, 5.74) is 6.17. The SMILES string of the molecule is Nc1cc(COc2cc(Cl)ccc2[N+](=O)[O-])ccn1. The van der Waals surface area contributed by atoms with Gasteiger partial charge >= 0.3 is 5.69 Å². The molecular weight excluding hydrogens is 270 g/mol. The molecule has 1 aromatic carbocycles. The Labute approximate surface area is 113 Å². The average Bonchev–Trinajstić information content (AvgIpc) is 2.36. The Morgan fingerprint density at radius 1 is 1.37 bits per heavy atom. The molecular formula is C12H10ClN3O3. The number of pyridine rings is 1.